The number of hydrogen-bond donors (Lipinski definition) is 2. The van der Waals surface area contributed by atoms with Crippen LogP contribution in [0.4, 0.5) is 4.79 Å². The zero-order valence-corrected chi connectivity index (χ0v) is 14.3. The molecule has 0 spiro atoms. The second kappa shape index (κ2) is 6.67. The van der Waals surface area contributed by atoms with Gasteiger partial charge in [0.1, 0.15) is 0 Å². The first-order valence-electron chi connectivity index (χ1n) is 7.31. The molecule has 1 unspecified atom stereocenters. The highest BCUT2D eigenvalue weighted by molar-refractivity contribution is 6.35. The molecular formula is C18H14Cl2N2O2. The van der Waals surface area contributed by atoms with E-state index in [0.717, 1.165) is 0 Å². The molecule has 2 aromatic rings. The summed E-state index contributed by atoms with van der Waals surface area (Å²) in [5.74, 6) is -0.254. The van der Waals surface area contributed by atoms with E-state index in [1.54, 1.807) is 49.4 Å². The molecule has 0 radical (unpaired) electrons. The zero-order chi connectivity index (χ0) is 17.3. The lowest BCUT2D eigenvalue weighted by atomic mass is 9.89. The monoisotopic (exact) mass is 360 g/mol. The first kappa shape index (κ1) is 16.6. The summed E-state index contributed by atoms with van der Waals surface area (Å²) in [5, 5.41) is 6.24. The fraction of sp³-hybridized carbons (Fsp3) is 0.111. The number of amides is 2. The van der Waals surface area contributed by atoms with E-state index in [0.29, 0.717) is 32.4 Å². The molecule has 0 aliphatic carbocycles. The van der Waals surface area contributed by atoms with Crippen LogP contribution in [0.2, 0.25) is 10.0 Å². The van der Waals surface area contributed by atoms with Crippen LogP contribution < -0.4 is 10.6 Å². The first-order valence-corrected chi connectivity index (χ1v) is 8.06. The van der Waals surface area contributed by atoms with Crippen molar-refractivity contribution in [3.05, 3.63) is 81.0 Å². The van der Waals surface area contributed by atoms with Crippen LogP contribution in [0.15, 0.2) is 59.8 Å². The van der Waals surface area contributed by atoms with Crippen LogP contribution in [0.5, 0.6) is 0 Å². The molecule has 2 aromatic carbocycles. The number of benzene rings is 2. The van der Waals surface area contributed by atoms with Crippen molar-refractivity contribution in [2.75, 3.05) is 0 Å². The third kappa shape index (κ3) is 3.03. The van der Waals surface area contributed by atoms with E-state index in [4.69, 9.17) is 23.2 Å². The summed E-state index contributed by atoms with van der Waals surface area (Å²) in [6.07, 6.45) is 0. The number of halogens is 2. The number of rotatable bonds is 3. The lowest BCUT2D eigenvalue weighted by molar-refractivity contribution is 0.102. The molecule has 1 heterocycles. The fourth-order valence-electron chi connectivity index (χ4n) is 2.73. The smallest absolute Gasteiger partial charge is 0.319 e. The number of ketones is 1. The summed E-state index contributed by atoms with van der Waals surface area (Å²) in [6.45, 7) is 1.69. The highest BCUT2D eigenvalue weighted by atomic mass is 35.5. The van der Waals surface area contributed by atoms with E-state index >= 15 is 0 Å². The number of nitrogens with one attached hydrogen (secondary N) is 2. The molecule has 1 aliphatic rings. The molecule has 4 nitrogen and oxygen atoms in total. The van der Waals surface area contributed by atoms with E-state index in [1.807, 2.05) is 6.07 Å². The number of carbonyl (C=O) groups is 2. The maximum Gasteiger partial charge on any atom is 0.319 e. The minimum atomic E-state index is -0.642. The van der Waals surface area contributed by atoms with Crippen LogP contribution >= 0.6 is 23.2 Å². The summed E-state index contributed by atoms with van der Waals surface area (Å²) >= 11 is 12.4. The second-order valence-electron chi connectivity index (χ2n) is 5.40. The van der Waals surface area contributed by atoms with Crippen LogP contribution in [-0.4, -0.2) is 11.8 Å². The predicted molar refractivity (Wildman–Crippen MR) is 94.3 cm³/mol. The third-order valence-electron chi connectivity index (χ3n) is 3.85. The molecule has 0 bridgehead atoms. The van der Waals surface area contributed by atoms with Crippen molar-refractivity contribution in [2.24, 2.45) is 0 Å². The second-order valence-corrected chi connectivity index (χ2v) is 6.22. The molecule has 24 heavy (non-hydrogen) atoms. The van der Waals surface area contributed by atoms with E-state index < -0.39 is 6.04 Å². The van der Waals surface area contributed by atoms with Crippen LogP contribution in [0.3, 0.4) is 0 Å². The number of carbonyl (C=O) groups excluding carboxylic acids is 2. The van der Waals surface area contributed by atoms with Gasteiger partial charge in [-0.2, -0.15) is 0 Å². The molecule has 122 valence electrons. The van der Waals surface area contributed by atoms with Gasteiger partial charge in [-0.25, -0.2) is 4.79 Å². The molecule has 0 aromatic heterocycles. The summed E-state index contributed by atoms with van der Waals surface area (Å²) < 4.78 is 0. The van der Waals surface area contributed by atoms with Crippen molar-refractivity contribution in [3.8, 4) is 0 Å². The SMILES string of the molecule is CC1=C(C(=O)c2ccccc2Cl)C(c2ccccc2Cl)NC(=O)N1. The van der Waals surface area contributed by atoms with Gasteiger partial charge in [-0.05, 0) is 30.7 Å². The average molecular weight is 361 g/mol. The predicted octanol–water partition coefficient (Wildman–Crippen LogP) is 4.50. The van der Waals surface area contributed by atoms with Gasteiger partial charge in [0, 0.05) is 21.9 Å². The van der Waals surface area contributed by atoms with Crippen LogP contribution in [0.1, 0.15) is 28.9 Å². The molecular weight excluding hydrogens is 347 g/mol. The summed E-state index contributed by atoms with van der Waals surface area (Å²) in [7, 11) is 0. The standard InChI is InChI=1S/C18H14Cl2N2O2/c1-10-15(17(23)12-7-3-5-9-14(12)20)16(22-18(24)21-10)11-6-2-4-8-13(11)19/h2-9,16H,1H3,(H2,21,22,24). The molecule has 2 N–H and O–H groups in total. The fourth-order valence-corrected chi connectivity index (χ4v) is 3.19. The minimum Gasteiger partial charge on any atom is -0.327 e. The van der Waals surface area contributed by atoms with Gasteiger partial charge >= 0.3 is 6.03 Å². The number of allylic oxidation sites excluding steroid dienone is 1. The van der Waals surface area contributed by atoms with Crippen molar-refractivity contribution >= 4 is 35.0 Å². The van der Waals surface area contributed by atoms with Crippen LogP contribution in [0, 0.1) is 0 Å². The van der Waals surface area contributed by atoms with E-state index in [2.05, 4.69) is 10.6 Å². The lowest BCUT2D eigenvalue weighted by Crippen LogP contribution is -2.45. The van der Waals surface area contributed by atoms with Crippen LogP contribution in [-0.2, 0) is 0 Å². The number of hydrogen-bond acceptors (Lipinski definition) is 2. The van der Waals surface area contributed by atoms with Crippen molar-refractivity contribution in [1.82, 2.24) is 10.6 Å². The van der Waals surface area contributed by atoms with Crippen LogP contribution in [0.25, 0.3) is 0 Å². The van der Waals surface area contributed by atoms with Crippen molar-refractivity contribution in [1.29, 1.82) is 0 Å². The first-order chi connectivity index (χ1) is 11.5. The Bertz CT molecular complexity index is 862. The van der Waals surface area contributed by atoms with Gasteiger partial charge in [0.05, 0.1) is 11.1 Å². The molecule has 2 amide bonds. The molecule has 3 rings (SSSR count). The molecule has 6 heteroatoms. The molecule has 0 saturated heterocycles. The Morgan fingerprint density at radius 3 is 2.29 bits per heavy atom. The molecule has 0 saturated carbocycles. The average Bonchev–Trinajstić information content (AvgIpc) is 2.54. The number of Topliss-reactive ketones (excluding diaryl/α,β-unsaturated/α-hetero) is 1. The van der Waals surface area contributed by atoms with Gasteiger partial charge < -0.3 is 10.6 Å². The Hall–Kier alpha value is -2.30. The lowest BCUT2D eigenvalue weighted by Gasteiger charge is -2.29. The highest BCUT2D eigenvalue weighted by Gasteiger charge is 2.33. The van der Waals surface area contributed by atoms with E-state index in [-0.39, 0.29) is 11.8 Å². The van der Waals surface area contributed by atoms with Gasteiger partial charge in [0.25, 0.3) is 0 Å². The summed E-state index contributed by atoms with van der Waals surface area (Å²) in [5.41, 5.74) is 1.93. The third-order valence-corrected chi connectivity index (χ3v) is 4.52. The Morgan fingerprint density at radius 1 is 1.00 bits per heavy atom. The highest BCUT2D eigenvalue weighted by Crippen LogP contribution is 2.34. The molecule has 0 fully saturated rings. The summed E-state index contributed by atoms with van der Waals surface area (Å²) in [4.78, 5) is 25.0. The minimum absolute atomic E-state index is 0.254. The Kier molecular flexibility index (Phi) is 4.60. The van der Waals surface area contributed by atoms with Gasteiger partial charge in [0.15, 0.2) is 5.78 Å². The Labute approximate surface area is 149 Å². The van der Waals surface area contributed by atoms with Crippen molar-refractivity contribution in [2.45, 2.75) is 13.0 Å². The Morgan fingerprint density at radius 2 is 1.62 bits per heavy atom. The zero-order valence-electron chi connectivity index (χ0n) is 12.8. The maximum absolute atomic E-state index is 13.1. The maximum atomic E-state index is 13.1. The van der Waals surface area contributed by atoms with Gasteiger partial charge in [0.2, 0.25) is 0 Å². The van der Waals surface area contributed by atoms with Crippen molar-refractivity contribution < 1.29 is 9.59 Å². The number of urea groups is 1. The van der Waals surface area contributed by atoms with Crippen molar-refractivity contribution in [3.63, 3.8) is 0 Å². The van der Waals surface area contributed by atoms with E-state index in [1.165, 1.54) is 0 Å². The summed E-state index contributed by atoms with van der Waals surface area (Å²) in [6, 6.07) is 12.9. The van der Waals surface area contributed by atoms with Gasteiger partial charge in [-0.1, -0.05) is 53.5 Å². The van der Waals surface area contributed by atoms with E-state index in [9.17, 15) is 9.59 Å². The topological polar surface area (TPSA) is 58.2 Å². The van der Waals surface area contributed by atoms with Gasteiger partial charge in [-0.15, -0.1) is 0 Å². The Balaban J connectivity index is 2.13. The molecule has 1 aliphatic heterocycles. The molecule has 1 atom stereocenters. The largest absolute Gasteiger partial charge is 0.327 e. The normalized spacial score (nSPS) is 17.3. The quantitative estimate of drug-likeness (QED) is 0.791. The van der Waals surface area contributed by atoms with Gasteiger partial charge in [-0.3, -0.25) is 4.79 Å².